The van der Waals surface area contributed by atoms with Gasteiger partial charge in [0.25, 0.3) is 11.6 Å². The van der Waals surface area contributed by atoms with Gasteiger partial charge in [-0.05, 0) is 12.1 Å². The van der Waals surface area contributed by atoms with Crippen LogP contribution >= 0.6 is 11.8 Å². The van der Waals surface area contributed by atoms with Crippen LogP contribution in [0.25, 0.3) is 0 Å². The summed E-state index contributed by atoms with van der Waals surface area (Å²) < 4.78 is 4.84. The zero-order chi connectivity index (χ0) is 22.7. The number of carbonyl (C=O) groups is 4. The monoisotopic (exact) mass is 472 g/mol. The predicted octanol–water partition coefficient (Wildman–Crippen LogP) is -4.02. The van der Waals surface area contributed by atoms with Crippen LogP contribution in [0, 0.1) is 10.1 Å². The Balaban J connectivity index is 0.00000363. The average molecular weight is 472 g/mol. The van der Waals surface area contributed by atoms with E-state index in [9.17, 15) is 34.4 Å². The number of amides is 2. The topological polar surface area (TPSA) is 171 Å². The fourth-order valence-electron chi connectivity index (χ4n) is 3.08. The van der Waals surface area contributed by atoms with Crippen LogP contribution in [0.3, 0.4) is 0 Å². The molecule has 0 aliphatic carbocycles. The van der Waals surface area contributed by atoms with Crippen LogP contribution in [0.2, 0.25) is 0 Å². The molecule has 0 saturated carbocycles. The van der Waals surface area contributed by atoms with Gasteiger partial charge in [-0.1, -0.05) is 0 Å². The molecule has 12 nitrogen and oxygen atoms in total. The number of anilines is 1. The summed E-state index contributed by atoms with van der Waals surface area (Å²) in [6, 6.07) is 4.54. The maximum Gasteiger partial charge on any atom is 1.00 e. The Hall–Kier alpha value is -2.61. The first-order valence-electron chi connectivity index (χ1n) is 8.98. The molecule has 2 aliphatic rings. The van der Waals surface area contributed by atoms with Crippen molar-refractivity contribution in [2.75, 3.05) is 24.2 Å². The number of fused-ring (bicyclic) bond motifs is 1. The number of carboxylic acid groups (broad SMARTS) is 1. The second-order valence-electron chi connectivity index (χ2n) is 6.63. The van der Waals surface area contributed by atoms with Gasteiger partial charge in [-0.25, -0.2) is 0 Å². The fourth-order valence-corrected chi connectivity index (χ4v) is 4.41. The quantitative estimate of drug-likeness (QED) is 0.125. The number of non-ortho nitro benzene ring substituents is 1. The van der Waals surface area contributed by atoms with Gasteiger partial charge < -0.3 is 25.3 Å². The van der Waals surface area contributed by atoms with E-state index in [0.29, 0.717) is 5.69 Å². The molecule has 164 valence electrons. The number of nitro benzene ring substituents is 1. The number of carboxylic acids is 1. The number of hydrogen-bond donors (Lipinski definition) is 2. The van der Waals surface area contributed by atoms with Gasteiger partial charge in [-0.15, -0.1) is 11.8 Å². The number of β-lactam (4-membered cyclic amide) rings is 1. The molecular weight excluding hydrogens is 455 g/mol. The fraction of sp³-hybridized carbons (Fsp3) is 0.333. The normalized spacial score (nSPS) is 19.2. The molecular formula is C18H17N4NaO8S. The Morgan fingerprint density at radius 3 is 2.50 bits per heavy atom. The van der Waals surface area contributed by atoms with E-state index in [2.05, 4.69) is 10.6 Å². The van der Waals surface area contributed by atoms with E-state index in [1.807, 2.05) is 0 Å². The second kappa shape index (κ2) is 10.8. The Labute approximate surface area is 208 Å². The molecule has 1 fully saturated rings. The van der Waals surface area contributed by atoms with Gasteiger partial charge in [-0.3, -0.25) is 29.4 Å². The first-order valence-corrected chi connectivity index (χ1v) is 10.0. The number of nitrogens with zero attached hydrogens (tertiary/aromatic N) is 2. The molecule has 1 saturated heterocycles. The SMILES string of the molecule is CC(=O)OCC1=C(C(=O)[O-])N2C(=O)C(NC(=O)CNc3ccc([N+](=O)[O-])cc3)[C@H]2SC1.[Na+]. The minimum atomic E-state index is -1.56. The summed E-state index contributed by atoms with van der Waals surface area (Å²) in [7, 11) is 0. The number of nitrogens with one attached hydrogen (secondary N) is 2. The van der Waals surface area contributed by atoms with Crippen molar-refractivity contribution in [1.82, 2.24) is 10.2 Å². The number of aliphatic carboxylic acids is 1. The molecule has 0 aromatic heterocycles. The Morgan fingerprint density at radius 1 is 1.28 bits per heavy atom. The molecule has 2 N–H and O–H groups in total. The second-order valence-corrected chi connectivity index (χ2v) is 7.74. The maximum absolute atomic E-state index is 12.5. The average Bonchev–Trinajstić information content (AvgIpc) is 2.73. The third kappa shape index (κ3) is 5.59. The van der Waals surface area contributed by atoms with E-state index in [1.54, 1.807) is 0 Å². The molecule has 2 atom stereocenters. The van der Waals surface area contributed by atoms with Crippen molar-refractivity contribution in [2.45, 2.75) is 18.3 Å². The smallest absolute Gasteiger partial charge is 0.543 e. The Kier molecular flexibility index (Phi) is 8.66. The number of benzene rings is 1. The van der Waals surface area contributed by atoms with Crippen molar-refractivity contribution in [3.05, 3.63) is 45.6 Å². The summed E-state index contributed by atoms with van der Waals surface area (Å²) in [6.07, 6.45) is 0. The van der Waals surface area contributed by atoms with E-state index >= 15 is 0 Å². The summed E-state index contributed by atoms with van der Waals surface area (Å²) >= 11 is 1.23. The van der Waals surface area contributed by atoms with Gasteiger partial charge in [0.2, 0.25) is 5.91 Å². The third-order valence-electron chi connectivity index (χ3n) is 4.54. The molecule has 0 spiro atoms. The molecule has 2 aliphatic heterocycles. The van der Waals surface area contributed by atoms with Gasteiger partial charge in [0.15, 0.2) is 0 Å². The van der Waals surface area contributed by atoms with Gasteiger partial charge in [0.05, 0.1) is 23.1 Å². The minimum Gasteiger partial charge on any atom is -0.543 e. The Morgan fingerprint density at radius 2 is 1.94 bits per heavy atom. The standard InChI is InChI=1S/C18H18N4O8S.Na/c1-9(23)30-7-10-8-31-17-14(16(25)21(17)15(10)18(26)27)20-13(24)6-19-11-2-4-12(5-3-11)22(28)29;/h2-5,14,17,19H,6-8H2,1H3,(H,20,24)(H,26,27);/q;+1/p-1/t14?,17-;/m1./s1. The summed E-state index contributed by atoms with van der Waals surface area (Å²) in [5.74, 6) is -3.08. The molecule has 1 unspecified atom stereocenters. The molecule has 2 heterocycles. The van der Waals surface area contributed by atoms with Crippen LogP contribution in [0.15, 0.2) is 35.5 Å². The summed E-state index contributed by atoms with van der Waals surface area (Å²) in [4.78, 5) is 58.4. The number of hydrogen-bond acceptors (Lipinski definition) is 10. The number of ether oxygens (including phenoxy) is 1. The van der Waals surface area contributed by atoms with Crippen LogP contribution in [0.4, 0.5) is 11.4 Å². The van der Waals surface area contributed by atoms with Crippen molar-refractivity contribution in [3.63, 3.8) is 0 Å². The molecule has 3 rings (SSSR count). The zero-order valence-electron chi connectivity index (χ0n) is 17.2. The molecule has 0 radical (unpaired) electrons. The summed E-state index contributed by atoms with van der Waals surface area (Å²) in [5, 5.41) is 26.9. The number of esters is 1. The van der Waals surface area contributed by atoms with E-state index in [-0.39, 0.29) is 65.4 Å². The van der Waals surface area contributed by atoms with Crippen molar-refractivity contribution in [1.29, 1.82) is 0 Å². The van der Waals surface area contributed by atoms with Crippen LogP contribution in [-0.4, -0.2) is 63.9 Å². The largest absolute Gasteiger partial charge is 1.00 e. The predicted molar refractivity (Wildman–Crippen MR) is 105 cm³/mol. The van der Waals surface area contributed by atoms with Crippen LogP contribution in [-0.2, 0) is 23.9 Å². The van der Waals surface area contributed by atoms with Crippen LogP contribution in [0.5, 0.6) is 0 Å². The van der Waals surface area contributed by atoms with E-state index in [4.69, 9.17) is 4.74 Å². The summed E-state index contributed by atoms with van der Waals surface area (Å²) in [5.41, 5.74) is 0.292. The van der Waals surface area contributed by atoms with Crippen molar-refractivity contribution >= 4 is 46.9 Å². The molecule has 2 amide bonds. The Bertz CT molecular complexity index is 984. The molecule has 1 aromatic carbocycles. The first kappa shape index (κ1) is 25.6. The van der Waals surface area contributed by atoms with Gasteiger partial charge in [0.1, 0.15) is 18.0 Å². The number of rotatable bonds is 8. The van der Waals surface area contributed by atoms with Crippen LogP contribution < -0.4 is 45.3 Å². The zero-order valence-corrected chi connectivity index (χ0v) is 20.0. The minimum absolute atomic E-state index is 0. The van der Waals surface area contributed by atoms with Gasteiger partial charge >= 0.3 is 35.5 Å². The van der Waals surface area contributed by atoms with E-state index in [1.165, 1.54) is 43.0 Å². The van der Waals surface area contributed by atoms with Crippen molar-refractivity contribution in [3.8, 4) is 0 Å². The number of nitro groups is 1. The summed E-state index contributed by atoms with van der Waals surface area (Å²) in [6.45, 7) is 0.723. The molecule has 0 bridgehead atoms. The number of carbonyl (C=O) groups excluding carboxylic acids is 4. The van der Waals surface area contributed by atoms with E-state index in [0.717, 1.165) is 4.90 Å². The molecule has 1 aromatic rings. The van der Waals surface area contributed by atoms with Gasteiger partial charge in [0, 0.05) is 36.1 Å². The third-order valence-corrected chi connectivity index (χ3v) is 5.88. The van der Waals surface area contributed by atoms with Gasteiger partial charge in [-0.2, -0.15) is 0 Å². The molecule has 32 heavy (non-hydrogen) atoms. The maximum atomic E-state index is 12.5. The van der Waals surface area contributed by atoms with Crippen LogP contribution in [0.1, 0.15) is 6.92 Å². The van der Waals surface area contributed by atoms with Crippen molar-refractivity contribution in [2.24, 2.45) is 0 Å². The first-order chi connectivity index (χ1) is 14.7. The molecule has 14 heteroatoms. The van der Waals surface area contributed by atoms with E-state index < -0.39 is 40.1 Å². The number of thioether (sulfide) groups is 1. The van der Waals surface area contributed by atoms with Crippen molar-refractivity contribution < 1.29 is 63.5 Å².